The first-order valence-electron chi connectivity index (χ1n) is 9.72. The summed E-state index contributed by atoms with van der Waals surface area (Å²) in [6.45, 7) is 6.03. The van der Waals surface area contributed by atoms with Crippen molar-refractivity contribution in [2.24, 2.45) is 0 Å². The lowest BCUT2D eigenvalue weighted by Gasteiger charge is -2.38. The van der Waals surface area contributed by atoms with E-state index >= 15 is 0 Å². The molecule has 1 fully saturated rings. The lowest BCUT2D eigenvalue weighted by molar-refractivity contribution is 0.130. The number of aryl methyl sites for hydroxylation is 1. The van der Waals surface area contributed by atoms with Crippen LogP contribution in [0.2, 0.25) is 0 Å². The van der Waals surface area contributed by atoms with E-state index in [1.807, 2.05) is 12.3 Å². The number of likely N-dealkylation sites (tertiary alicyclic amines) is 1. The van der Waals surface area contributed by atoms with Gasteiger partial charge in [0.25, 0.3) is 0 Å². The fourth-order valence-electron chi connectivity index (χ4n) is 4.04. The highest BCUT2D eigenvalue weighted by atomic mass is 16.4. The van der Waals surface area contributed by atoms with Crippen LogP contribution in [0.4, 0.5) is 10.6 Å². The molecule has 3 heterocycles. The van der Waals surface area contributed by atoms with E-state index in [1.165, 1.54) is 10.5 Å². The van der Waals surface area contributed by atoms with Gasteiger partial charge in [0.1, 0.15) is 17.8 Å². The molecule has 0 radical (unpaired) electrons. The van der Waals surface area contributed by atoms with Crippen molar-refractivity contribution >= 4 is 22.9 Å². The molecule has 7 heteroatoms. The summed E-state index contributed by atoms with van der Waals surface area (Å²) in [6, 6.07) is 10.5. The number of nitrogens with zero attached hydrogens (tertiary/aromatic N) is 5. The fourth-order valence-corrected chi connectivity index (χ4v) is 4.04. The molecule has 4 rings (SSSR count). The van der Waals surface area contributed by atoms with Crippen LogP contribution in [0.3, 0.4) is 0 Å². The summed E-state index contributed by atoms with van der Waals surface area (Å²) < 4.78 is 2.07. The highest BCUT2D eigenvalue weighted by molar-refractivity contribution is 5.89. The van der Waals surface area contributed by atoms with Gasteiger partial charge in [-0.25, -0.2) is 14.8 Å². The van der Waals surface area contributed by atoms with E-state index in [-0.39, 0.29) is 6.04 Å². The number of rotatable bonds is 4. The minimum absolute atomic E-state index is 0.121. The lowest BCUT2D eigenvalue weighted by Crippen LogP contribution is -2.50. The molecule has 0 spiro atoms. The molecule has 7 nitrogen and oxygen atoms in total. The maximum Gasteiger partial charge on any atom is 0.407 e. The maximum atomic E-state index is 11.4. The molecule has 1 aliphatic rings. The molecular formula is C21H25N5O2. The summed E-state index contributed by atoms with van der Waals surface area (Å²) in [5, 5.41) is 10.4. The van der Waals surface area contributed by atoms with E-state index in [1.54, 1.807) is 6.33 Å². The van der Waals surface area contributed by atoms with Crippen molar-refractivity contribution in [1.82, 2.24) is 19.4 Å². The van der Waals surface area contributed by atoms with Gasteiger partial charge >= 0.3 is 6.09 Å². The van der Waals surface area contributed by atoms with Crippen LogP contribution in [0.25, 0.3) is 16.7 Å². The number of benzene rings is 1. The third-order valence-electron chi connectivity index (χ3n) is 5.49. The Hall–Kier alpha value is -3.09. The second-order valence-electron chi connectivity index (χ2n) is 7.27. The standard InChI is InChI=1S/C21H25N5O2/c1-3-25(17-5-4-11-24(13-17)21(27)28)19-18-10-12-26(20(18)23-14-22-19)16-8-6-15(2)7-9-16/h6-10,12,14,17H,3-5,11,13H2,1-2H3,(H,27,28). The molecule has 1 N–H and O–H groups in total. The van der Waals surface area contributed by atoms with Crippen molar-refractivity contribution in [3.05, 3.63) is 48.4 Å². The number of anilines is 1. The molecular weight excluding hydrogens is 354 g/mol. The second-order valence-corrected chi connectivity index (χ2v) is 7.27. The summed E-state index contributed by atoms with van der Waals surface area (Å²) >= 11 is 0. The van der Waals surface area contributed by atoms with Gasteiger partial charge in [0, 0.05) is 37.6 Å². The lowest BCUT2D eigenvalue weighted by atomic mass is 10.0. The monoisotopic (exact) mass is 379 g/mol. The smallest absolute Gasteiger partial charge is 0.407 e. The molecule has 146 valence electrons. The van der Waals surface area contributed by atoms with Crippen LogP contribution >= 0.6 is 0 Å². The number of hydrogen-bond acceptors (Lipinski definition) is 4. The Morgan fingerprint density at radius 3 is 2.75 bits per heavy atom. The average Bonchev–Trinajstić information content (AvgIpc) is 3.14. The Bertz CT molecular complexity index is 982. The van der Waals surface area contributed by atoms with Crippen LogP contribution in [-0.4, -0.2) is 56.3 Å². The van der Waals surface area contributed by atoms with Crippen LogP contribution < -0.4 is 4.90 Å². The summed E-state index contributed by atoms with van der Waals surface area (Å²) in [4.78, 5) is 24.3. The van der Waals surface area contributed by atoms with E-state index in [0.29, 0.717) is 13.1 Å². The normalized spacial score (nSPS) is 17.1. The van der Waals surface area contributed by atoms with Crippen molar-refractivity contribution < 1.29 is 9.90 Å². The number of aromatic nitrogens is 3. The van der Waals surface area contributed by atoms with Crippen molar-refractivity contribution in [2.45, 2.75) is 32.7 Å². The highest BCUT2D eigenvalue weighted by Gasteiger charge is 2.29. The quantitative estimate of drug-likeness (QED) is 0.748. The largest absolute Gasteiger partial charge is 0.465 e. The maximum absolute atomic E-state index is 11.4. The zero-order valence-electron chi connectivity index (χ0n) is 16.2. The molecule has 1 amide bonds. The van der Waals surface area contributed by atoms with Gasteiger partial charge in [0.15, 0.2) is 0 Å². The van der Waals surface area contributed by atoms with Crippen LogP contribution in [0, 0.1) is 6.92 Å². The number of amides is 1. The van der Waals surface area contributed by atoms with Gasteiger partial charge in [-0.05, 0) is 44.9 Å². The molecule has 1 aliphatic heterocycles. The van der Waals surface area contributed by atoms with E-state index < -0.39 is 6.09 Å². The number of likely N-dealkylation sites (N-methyl/N-ethyl adjacent to an activating group) is 1. The van der Waals surface area contributed by atoms with E-state index in [0.717, 1.165) is 41.9 Å². The van der Waals surface area contributed by atoms with Crippen molar-refractivity contribution in [3.8, 4) is 5.69 Å². The first-order chi connectivity index (χ1) is 13.6. The zero-order valence-corrected chi connectivity index (χ0v) is 16.2. The molecule has 1 saturated heterocycles. The second kappa shape index (κ2) is 7.50. The van der Waals surface area contributed by atoms with Crippen LogP contribution in [-0.2, 0) is 0 Å². The highest BCUT2D eigenvalue weighted by Crippen LogP contribution is 2.29. The number of fused-ring (bicyclic) bond motifs is 1. The number of carbonyl (C=O) groups is 1. The van der Waals surface area contributed by atoms with Crippen LogP contribution in [0.1, 0.15) is 25.3 Å². The molecule has 28 heavy (non-hydrogen) atoms. The van der Waals surface area contributed by atoms with E-state index in [2.05, 4.69) is 57.5 Å². The first-order valence-corrected chi connectivity index (χ1v) is 9.72. The van der Waals surface area contributed by atoms with E-state index in [4.69, 9.17) is 0 Å². The molecule has 0 aliphatic carbocycles. The minimum Gasteiger partial charge on any atom is -0.465 e. The Morgan fingerprint density at radius 2 is 2.04 bits per heavy atom. The Labute approximate surface area is 164 Å². The molecule has 3 aromatic rings. The predicted molar refractivity (Wildman–Crippen MR) is 109 cm³/mol. The Balaban J connectivity index is 1.71. The SMILES string of the molecule is CCN(c1ncnc2c1ccn2-c1ccc(C)cc1)C1CCCN(C(=O)O)C1. The van der Waals surface area contributed by atoms with Gasteiger partial charge in [-0.1, -0.05) is 17.7 Å². The molecule has 1 aromatic carbocycles. The molecule has 1 unspecified atom stereocenters. The van der Waals surface area contributed by atoms with Crippen LogP contribution in [0.5, 0.6) is 0 Å². The first kappa shape index (κ1) is 18.3. The number of hydrogen-bond donors (Lipinski definition) is 1. The van der Waals surface area contributed by atoms with E-state index in [9.17, 15) is 9.90 Å². The van der Waals surface area contributed by atoms with Crippen molar-refractivity contribution in [3.63, 3.8) is 0 Å². The van der Waals surface area contributed by atoms with Gasteiger partial charge in [-0.2, -0.15) is 0 Å². The third kappa shape index (κ3) is 3.28. The predicted octanol–water partition coefficient (Wildman–Crippen LogP) is 3.70. The van der Waals surface area contributed by atoms with Crippen LogP contribution in [0.15, 0.2) is 42.9 Å². The van der Waals surface area contributed by atoms with Crippen molar-refractivity contribution in [2.75, 3.05) is 24.5 Å². The van der Waals surface area contributed by atoms with Gasteiger partial charge in [0.05, 0.1) is 5.39 Å². The van der Waals surface area contributed by atoms with Gasteiger partial charge in [-0.15, -0.1) is 0 Å². The third-order valence-corrected chi connectivity index (χ3v) is 5.49. The summed E-state index contributed by atoms with van der Waals surface area (Å²) in [5.74, 6) is 0.871. The molecule has 0 saturated carbocycles. The number of carboxylic acid groups (broad SMARTS) is 1. The molecule has 2 aromatic heterocycles. The molecule has 1 atom stereocenters. The fraction of sp³-hybridized carbons (Fsp3) is 0.381. The summed E-state index contributed by atoms with van der Waals surface area (Å²) in [5.41, 5.74) is 3.13. The minimum atomic E-state index is -0.848. The van der Waals surface area contributed by atoms with Gasteiger partial charge in [-0.3, -0.25) is 0 Å². The van der Waals surface area contributed by atoms with Crippen molar-refractivity contribution in [1.29, 1.82) is 0 Å². The summed E-state index contributed by atoms with van der Waals surface area (Å²) in [6.07, 6.45) is 4.60. The molecule has 0 bridgehead atoms. The number of piperidine rings is 1. The Morgan fingerprint density at radius 1 is 1.25 bits per heavy atom. The topological polar surface area (TPSA) is 74.5 Å². The average molecular weight is 379 g/mol. The summed E-state index contributed by atoms with van der Waals surface area (Å²) in [7, 11) is 0. The van der Waals surface area contributed by atoms with Gasteiger partial charge in [0.2, 0.25) is 0 Å². The Kier molecular flexibility index (Phi) is 4.90. The zero-order chi connectivity index (χ0) is 19.7. The van der Waals surface area contributed by atoms with Gasteiger partial charge < -0.3 is 19.5 Å².